The molecule has 39 heavy (non-hydrogen) atoms. The van der Waals surface area contributed by atoms with Gasteiger partial charge in [0, 0.05) is 47.7 Å². The van der Waals surface area contributed by atoms with Crippen LogP contribution in [0.3, 0.4) is 0 Å². The summed E-state index contributed by atoms with van der Waals surface area (Å²) in [6, 6.07) is 15.2. The maximum absolute atomic E-state index is 12.5. The fraction of sp³-hybridized carbons (Fsp3) is 0.148. The maximum Gasteiger partial charge on any atom is 0.550 e. The third-order valence-electron chi connectivity index (χ3n) is 6.02. The highest BCUT2D eigenvalue weighted by atomic mass is 31.1. The minimum Gasteiger partial charge on any atom is -0.492 e. The van der Waals surface area contributed by atoms with Gasteiger partial charge in [-0.3, -0.25) is 9.59 Å². The summed E-state index contributed by atoms with van der Waals surface area (Å²) in [6.07, 6.45) is 5.26. The first kappa shape index (κ1) is 25.9. The lowest BCUT2D eigenvalue weighted by molar-refractivity contribution is -0.688. The smallest absolute Gasteiger partial charge is 0.492 e. The van der Waals surface area contributed by atoms with E-state index in [2.05, 4.69) is 4.98 Å². The molecule has 1 saturated heterocycles. The minimum atomic E-state index is -2.60. The zero-order chi connectivity index (χ0) is 27.5. The minimum absolute atomic E-state index is 0.0300. The van der Waals surface area contributed by atoms with Crippen LogP contribution >= 0.6 is 8.03 Å². The van der Waals surface area contributed by atoms with E-state index in [0.29, 0.717) is 34.6 Å². The van der Waals surface area contributed by atoms with E-state index in [1.165, 1.54) is 13.2 Å². The predicted molar refractivity (Wildman–Crippen MR) is 136 cm³/mol. The Hall–Kier alpha value is -4.73. The van der Waals surface area contributed by atoms with Crippen molar-refractivity contribution in [1.82, 2.24) is 10.0 Å². The van der Waals surface area contributed by atoms with Crippen molar-refractivity contribution in [1.29, 1.82) is 0 Å². The summed E-state index contributed by atoms with van der Waals surface area (Å²) in [7, 11) is -1.17. The van der Waals surface area contributed by atoms with Gasteiger partial charge in [0.1, 0.15) is 0 Å². The van der Waals surface area contributed by atoms with Gasteiger partial charge in [-0.25, -0.2) is 14.3 Å². The summed E-state index contributed by atoms with van der Waals surface area (Å²) in [6.45, 7) is 0.438. The Balaban J connectivity index is 1.28. The van der Waals surface area contributed by atoms with Gasteiger partial charge in [-0.2, -0.15) is 4.89 Å². The number of carbonyl (C=O) groups is 3. The number of methoxy groups -OCH3 is 1. The van der Waals surface area contributed by atoms with Crippen LogP contribution in [0.1, 0.15) is 28.8 Å². The summed E-state index contributed by atoms with van der Waals surface area (Å²) in [4.78, 5) is 54.8. The molecule has 12 heteroatoms. The van der Waals surface area contributed by atoms with Crippen molar-refractivity contribution in [3.05, 3.63) is 84.3 Å². The van der Waals surface area contributed by atoms with Crippen LogP contribution < -0.4 is 14.6 Å². The molecule has 0 radical (unpaired) electrons. The first-order chi connectivity index (χ1) is 18.8. The number of ether oxygens (including phenoxy) is 1. The summed E-state index contributed by atoms with van der Waals surface area (Å²) >= 11 is 0. The molecule has 2 amide bonds. The topological polar surface area (TPSA) is 140 Å². The lowest BCUT2D eigenvalue weighted by Crippen LogP contribution is -2.33. The molecular weight excluding hydrogens is 525 g/mol. The summed E-state index contributed by atoms with van der Waals surface area (Å²) in [5.41, 5.74) is 2.33. The number of hydrogen-bond donors (Lipinski definition) is 1. The van der Waals surface area contributed by atoms with Gasteiger partial charge in [0.05, 0.1) is 18.9 Å². The molecule has 1 atom stereocenters. The number of benzene rings is 2. The zero-order valence-electron chi connectivity index (χ0n) is 20.6. The van der Waals surface area contributed by atoms with E-state index in [-0.39, 0.29) is 23.7 Å². The Kier molecular flexibility index (Phi) is 7.27. The van der Waals surface area contributed by atoms with Gasteiger partial charge >= 0.3 is 14.0 Å². The molecule has 1 fully saturated rings. The van der Waals surface area contributed by atoms with E-state index < -0.39 is 25.8 Å². The lowest BCUT2D eigenvalue weighted by atomic mass is 10.1. The molecule has 196 valence electrons. The first-order valence-corrected chi connectivity index (χ1v) is 13.0. The van der Waals surface area contributed by atoms with E-state index in [1.807, 2.05) is 35.2 Å². The number of amides is 2. The van der Waals surface area contributed by atoms with Crippen molar-refractivity contribution in [2.24, 2.45) is 0 Å². The fourth-order valence-corrected chi connectivity index (χ4v) is 4.64. The quantitative estimate of drug-likeness (QED) is 0.200. The third-order valence-corrected chi connectivity index (χ3v) is 6.78. The number of hydroxylamine groups is 2. The molecule has 0 saturated carbocycles. The van der Waals surface area contributed by atoms with E-state index >= 15 is 0 Å². The Morgan fingerprint density at radius 1 is 1.08 bits per heavy atom. The number of aromatic nitrogens is 2. The van der Waals surface area contributed by atoms with Crippen LogP contribution in [0.5, 0.6) is 5.75 Å². The van der Waals surface area contributed by atoms with Crippen LogP contribution in [-0.2, 0) is 25.5 Å². The Morgan fingerprint density at radius 3 is 2.51 bits per heavy atom. The van der Waals surface area contributed by atoms with E-state index in [9.17, 15) is 23.8 Å². The van der Waals surface area contributed by atoms with E-state index in [4.69, 9.17) is 14.0 Å². The molecule has 4 aromatic rings. The highest BCUT2D eigenvalue weighted by molar-refractivity contribution is 7.47. The van der Waals surface area contributed by atoms with Crippen molar-refractivity contribution in [3.63, 3.8) is 0 Å². The van der Waals surface area contributed by atoms with Crippen LogP contribution in [0.4, 0.5) is 0 Å². The molecule has 3 heterocycles. The normalized spacial score (nSPS) is 13.5. The Morgan fingerprint density at radius 2 is 1.82 bits per heavy atom. The lowest BCUT2D eigenvalue weighted by Gasteiger charge is -2.12. The third kappa shape index (κ3) is 5.59. The predicted octanol–water partition coefficient (Wildman–Crippen LogP) is 2.93. The van der Waals surface area contributed by atoms with Crippen LogP contribution in [0.15, 0.2) is 77.6 Å². The summed E-state index contributed by atoms with van der Waals surface area (Å²) in [5.74, 6) is -0.727. The molecule has 1 unspecified atom stereocenters. The van der Waals surface area contributed by atoms with Gasteiger partial charge in [0.15, 0.2) is 30.4 Å². The van der Waals surface area contributed by atoms with Crippen LogP contribution in [-0.4, -0.2) is 39.8 Å². The van der Waals surface area contributed by atoms with E-state index in [1.54, 1.807) is 36.5 Å². The Labute approximate surface area is 223 Å². The second kappa shape index (κ2) is 10.9. The molecule has 1 N–H and O–H groups in total. The first-order valence-electron chi connectivity index (χ1n) is 11.8. The number of oxazole rings is 1. The molecule has 1 aliphatic heterocycles. The van der Waals surface area contributed by atoms with Gasteiger partial charge in [0.2, 0.25) is 5.89 Å². The van der Waals surface area contributed by atoms with Gasteiger partial charge in [-0.05, 0) is 28.8 Å². The summed E-state index contributed by atoms with van der Waals surface area (Å²) in [5, 5.41) is 0.692. The molecule has 0 bridgehead atoms. The van der Waals surface area contributed by atoms with Crippen LogP contribution in [0.25, 0.3) is 22.8 Å². The summed E-state index contributed by atoms with van der Waals surface area (Å²) < 4.78 is 24.6. The molecular formula is C27H22N3O8P+2. The highest BCUT2D eigenvalue weighted by Crippen LogP contribution is 2.30. The highest BCUT2D eigenvalue weighted by Gasteiger charge is 2.33. The monoisotopic (exact) mass is 547 g/mol. The van der Waals surface area contributed by atoms with Gasteiger partial charge in [-0.1, -0.05) is 12.1 Å². The average molecular weight is 547 g/mol. The van der Waals surface area contributed by atoms with Crippen LogP contribution in [0.2, 0.25) is 0 Å². The molecule has 0 spiro atoms. The van der Waals surface area contributed by atoms with Gasteiger partial charge in [-0.15, -0.1) is 5.06 Å². The SMILES string of the molecule is COc1ccc(-c2cnc(-c3cc[n+](Cc4cccc(C(=O)ON5C(=O)CCC5=O)c4)cc3)o2)cc1[P+](=O)O. The van der Waals surface area contributed by atoms with Crippen molar-refractivity contribution in [2.75, 3.05) is 7.11 Å². The molecule has 2 aromatic heterocycles. The number of hydrogen-bond acceptors (Lipinski definition) is 8. The molecule has 2 aromatic carbocycles. The molecule has 11 nitrogen and oxygen atoms in total. The zero-order valence-corrected chi connectivity index (χ0v) is 21.5. The van der Waals surface area contributed by atoms with Gasteiger partial charge < -0.3 is 14.0 Å². The van der Waals surface area contributed by atoms with Gasteiger partial charge in [0.25, 0.3) is 17.1 Å². The number of imide groups is 1. The number of rotatable bonds is 8. The largest absolute Gasteiger partial charge is 0.550 e. The van der Waals surface area contributed by atoms with Crippen molar-refractivity contribution >= 4 is 31.1 Å². The molecule has 5 rings (SSSR count). The molecule has 1 aliphatic rings. The number of carbonyl (C=O) groups excluding carboxylic acids is 3. The van der Waals surface area contributed by atoms with Crippen molar-refractivity contribution in [2.45, 2.75) is 19.4 Å². The fourth-order valence-electron chi connectivity index (χ4n) is 4.04. The number of pyridine rings is 1. The van der Waals surface area contributed by atoms with Crippen LogP contribution in [0, 0.1) is 0 Å². The Bertz CT molecular complexity index is 1580. The van der Waals surface area contributed by atoms with Crippen molar-refractivity contribution < 1.29 is 42.4 Å². The average Bonchev–Trinajstić information content (AvgIpc) is 3.56. The maximum atomic E-state index is 12.5. The molecule has 0 aliphatic carbocycles. The standard InChI is InChI=1S/C27H21N3O8P/c1-36-21-6-5-19(14-23(21)39(34)35)22-15-28-26(37-22)18-9-11-29(12-10-18)16-17-3-2-4-20(13-17)27(33)38-30-24(31)7-8-25(30)32/h2-6,9-15H,7-8,16H2,1H3/q+1/p+1. The second-order valence-electron chi connectivity index (χ2n) is 8.61. The van der Waals surface area contributed by atoms with E-state index in [0.717, 1.165) is 11.1 Å². The van der Waals surface area contributed by atoms with Crippen molar-refractivity contribution in [3.8, 4) is 28.5 Å². The number of nitrogens with zero attached hydrogens (tertiary/aromatic N) is 3. The second-order valence-corrected chi connectivity index (χ2v) is 9.64.